The minimum absolute atomic E-state index is 0.0129. The second-order valence-corrected chi connectivity index (χ2v) is 5.88. The summed E-state index contributed by atoms with van der Waals surface area (Å²) in [7, 11) is -3.95. The first-order valence-electron chi connectivity index (χ1n) is 4.51. The van der Waals surface area contributed by atoms with Gasteiger partial charge in [0.1, 0.15) is 10.7 Å². The fourth-order valence-electron chi connectivity index (χ4n) is 1.04. The maximum absolute atomic E-state index is 13.0. The van der Waals surface area contributed by atoms with Crippen molar-refractivity contribution in [3.8, 4) is 0 Å². The Hall–Kier alpha value is -0.760. The zero-order valence-corrected chi connectivity index (χ0v) is 11.2. The third kappa shape index (κ3) is 3.60. The maximum atomic E-state index is 13.0. The number of benzene rings is 1. The summed E-state index contributed by atoms with van der Waals surface area (Å²) in [5.41, 5.74) is 5.29. The lowest BCUT2D eigenvalue weighted by atomic mass is 10.3. The predicted molar refractivity (Wildman–Crippen MR) is 68.0 cm³/mol. The first kappa shape index (κ1) is 14.3. The van der Waals surface area contributed by atoms with E-state index in [4.69, 9.17) is 17.3 Å². The van der Waals surface area contributed by atoms with Crippen LogP contribution in [0.2, 0.25) is 5.02 Å². The highest BCUT2D eigenvalue weighted by molar-refractivity contribution is 7.89. The number of thiocarbonyl (C=S) groups is 1. The van der Waals surface area contributed by atoms with Gasteiger partial charge >= 0.3 is 0 Å². The quantitative estimate of drug-likeness (QED) is 0.825. The SMILES string of the molecule is CC(NS(=O)(=O)c1cc(F)ccc1Cl)C(N)=S. The topological polar surface area (TPSA) is 72.2 Å². The molecule has 1 aromatic carbocycles. The molecule has 0 fully saturated rings. The average molecular weight is 297 g/mol. The van der Waals surface area contributed by atoms with Crippen molar-refractivity contribution in [1.29, 1.82) is 0 Å². The number of rotatable bonds is 4. The predicted octanol–water partition coefficient (Wildman–Crippen LogP) is 1.43. The summed E-state index contributed by atoms with van der Waals surface area (Å²) in [6.45, 7) is 1.48. The number of sulfonamides is 1. The molecule has 94 valence electrons. The van der Waals surface area contributed by atoms with Gasteiger partial charge in [-0.3, -0.25) is 0 Å². The minimum Gasteiger partial charge on any atom is -0.392 e. The lowest BCUT2D eigenvalue weighted by molar-refractivity contribution is 0.575. The average Bonchev–Trinajstić information content (AvgIpc) is 2.20. The number of hydrogen-bond acceptors (Lipinski definition) is 3. The molecule has 8 heteroatoms. The van der Waals surface area contributed by atoms with Crippen molar-refractivity contribution in [1.82, 2.24) is 4.72 Å². The van der Waals surface area contributed by atoms with Gasteiger partial charge < -0.3 is 5.73 Å². The van der Waals surface area contributed by atoms with Gasteiger partial charge in [0.15, 0.2) is 0 Å². The first-order valence-corrected chi connectivity index (χ1v) is 6.77. The van der Waals surface area contributed by atoms with Gasteiger partial charge in [-0.15, -0.1) is 0 Å². The Morgan fingerprint density at radius 1 is 1.59 bits per heavy atom. The van der Waals surface area contributed by atoms with Crippen molar-refractivity contribution in [2.45, 2.75) is 17.9 Å². The Morgan fingerprint density at radius 2 is 2.18 bits per heavy atom. The van der Waals surface area contributed by atoms with Crippen molar-refractivity contribution >= 4 is 38.8 Å². The summed E-state index contributed by atoms with van der Waals surface area (Å²) >= 11 is 10.3. The van der Waals surface area contributed by atoms with E-state index in [1.54, 1.807) is 0 Å². The van der Waals surface area contributed by atoms with Gasteiger partial charge in [-0.2, -0.15) is 0 Å². The van der Waals surface area contributed by atoms with Crippen molar-refractivity contribution < 1.29 is 12.8 Å². The van der Waals surface area contributed by atoms with E-state index < -0.39 is 21.9 Å². The standard InChI is InChI=1S/C9H10ClFN2O2S2/c1-5(9(12)16)13-17(14,15)8-4-6(11)2-3-7(8)10/h2-5,13H,1H3,(H2,12,16). The van der Waals surface area contributed by atoms with Gasteiger partial charge in [0.2, 0.25) is 10.0 Å². The van der Waals surface area contributed by atoms with E-state index in [0.29, 0.717) is 0 Å². The van der Waals surface area contributed by atoms with Crippen LogP contribution in [0, 0.1) is 5.82 Å². The van der Waals surface area contributed by atoms with Crippen LogP contribution in [0.1, 0.15) is 6.92 Å². The summed E-state index contributed by atoms with van der Waals surface area (Å²) in [6, 6.07) is 2.32. The summed E-state index contributed by atoms with van der Waals surface area (Å²) in [5, 5.41) is -0.0750. The van der Waals surface area contributed by atoms with E-state index in [-0.39, 0.29) is 14.9 Å². The molecule has 0 saturated carbocycles. The second kappa shape index (κ2) is 5.26. The van der Waals surface area contributed by atoms with E-state index >= 15 is 0 Å². The van der Waals surface area contributed by atoms with Gasteiger partial charge in [-0.25, -0.2) is 17.5 Å². The Morgan fingerprint density at radius 3 is 2.71 bits per heavy atom. The van der Waals surface area contributed by atoms with Crippen molar-refractivity contribution in [3.63, 3.8) is 0 Å². The molecule has 0 bridgehead atoms. The molecule has 0 saturated heterocycles. The number of nitrogens with two attached hydrogens (primary N) is 1. The molecule has 1 atom stereocenters. The molecule has 17 heavy (non-hydrogen) atoms. The minimum atomic E-state index is -3.95. The molecule has 3 N–H and O–H groups in total. The van der Waals surface area contributed by atoms with Gasteiger partial charge in [0, 0.05) is 0 Å². The van der Waals surface area contributed by atoms with Crippen molar-refractivity contribution in [2.24, 2.45) is 5.73 Å². The van der Waals surface area contributed by atoms with E-state index in [0.717, 1.165) is 18.2 Å². The van der Waals surface area contributed by atoms with E-state index in [9.17, 15) is 12.8 Å². The van der Waals surface area contributed by atoms with E-state index in [1.165, 1.54) is 6.92 Å². The van der Waals surface area contributed by atoms with Crippen molar-refractivity contribution in [2.75, 3.05) is 0 Å². The highest BCUT2D eigenvalue weighted by Crippen LogP contribution is 2.22. The Labute approximate surface area is 109 Å². The Balaban J connectivity index is 3.13. The molecule has 1 aromatic rings. The summed E-state index contributed by atoms with van der Waals surface area (Å²) < 4.78 is 38.9. The van der Waals surface area contributed by atoms with Crippen LogP contribution >= 0.6 is 23.8 Å². The molecule has 0 radical (unpaired) electrons. The van der Waals surface area contributed by atoms with Gasteiger partial charge in [-0.05, 0) is 25.1 Å². The number of halogens is 2. The largest absolute Gasteiger partial charge is 0.392 e. The normalized spacial score (nSPS) is 13.4. The van der Waals surface area contributed by atoms with Crippen LogP contribution in [0.3, 0.4) is 0 Å². The van der Waals surface area contributed by atoms with E-state index in [1.807, 2.05) is 0 Å². The number of hydrogen-bond donors (Lipinski definition) is 2. The molecule has 0 aliphatic heterocycles. The summed E-state index contributed by atoms with van der Waals surface area (Å²) in [4.78, 5) is -0.358. The molecule has 0 amide bonds. The summed E-state index contributed by atoms with van der Waals surface area (Å²) in [6.07, 6.45) is 0. The zero-order chi connectivity index (χ0) is 13.2. The smallest absolute Gasteiger partial charge is 0.242 e. The molecule has 0 heterocycles. The maximum Gasteiger partial charge on any atom is 0.242 e. The monoisotopic (exact) mass is 296 g/mol. The fraction of sp³-hybridized carbons (Fsp3) is 0.222. The molecule has 0 aromatic heterocycles. The highest BCUT2D eigenvalue weighted by atomic mass is 35.5. The summed E-state index contributed by atoms with van der Waals surface area (Å²) in [5.74, 6) is -0.697. The van der Waals surface area contributed by atoms with Gasteiger partial charge in [-0.1, -0.05) is 23.8 Å². The molecule has 4 nitrogen and oxygen atoms in total. The van der Waals surface area contributed by atoms with Crippen LogP contribution in [0.25, 0.3) is 0 Å². The highest BCUT2D eigenvalue weighted by Gasteiger charge is 2.22. The van der Waals surface area contributed by atoms with Crippen LogP contribution in [-0.2, 0) is 10.0 Å². The molecule has 1 unspecified atom stereocenters. The van der Waals surface area contributed by atoms with E-state index in [2.05, 4.69) is 16.9 Å². The van der Waals surface area contributed by atoms with Gasteiger partial charge in [0.05, 0.1) is 16.1 Å². The molecule has 0 aliphatic rings. The lowest BCUT2D eigenvalue weighted by Gasteiger charge is -2.13. The lowest BCUT2D eigenvalue weighted by Crippen LogP contribution is -2.41. The third-order valence-corrected chi connectivity index (χ3v) is 4.32. The molecule has 0 spiro atoms. The molecular weight excluding hydrogens is 287 g/mol. The first-order chi connectivity index (χ1) is 7.74. The van der Waals surface area contributed by atoms with Crippen LogP contribution < -0.4 is 10.5 Å². The Bertz CT molecular complexity index is 548. The third-order valence-electron chi connectivity index (χ3n) is 1.94. The van der Waals surface area contributed by atoms with Crippen molar-refractivity contribution in [3.05, 3.63) is 29.0 Å². The Kier molecular flexibility index (Phi) is 4.42. The van der Waals surface area contributed by atoms with Crippen LogP contribution in [0.5, 0.6) is 0 Å². The van der Waals surface area contributed by atoms with Crippen LogP contribution in [-0.4, -0.2) is 19.4 Å². The van der Waals surface area contributed by atoms with Crippen LogP contribution in [0.4, 0.5) is 4.39 Å². The molecule has 1 rings (SSSR count). The zero-order valence-electron chi connectivity index (χ0n) is 8.78. The van der Waals surface area contributed by atoms with Gasteiger partial charge in [0.25, 0.3) is 0 Å². The number of nitrogens with one attached hydrogen (secondary N) is 1. The fourth-order valence-corrected chi connectivity index (χ4v) is 2.91. The van der Waals surface area contributed by atoms with Crippen LogP contribution in [0.15, 0.2) is 23.1 Å². The molecular formula is C9H10ClFN2O2S2. The molecule has 0 aliphatic carbocycles. The second-order valence-electron chi connectivity index (χ2n) is 3.32.